The number of benzene rings is 5. The third-order valence-electron chi connectivity index (χ3n) is 21.3. The van der Waals surface area contributed by atoms with Crippen LogP contribution in [-0.4, -0.2) is 229 Å². The van der Waals surface area contributed by atoms with Crippen LogP contribution >= 0.6 is 57.7 Å². The van der Waals surface area contributed by atoms with Gasteiger partial charge in [0.25, 0.3) is 10.1 Å². The van der Waals surface area contributed by atoms with Gasteiger partial charge in [0.15, 0.2) is 0 Å². The standard InChI is InChI=1S/C36H49BrN9O2P.C19H32N4O.C17H18BrClN5OP.C7H8O3S.C4H10O/c1-8-25-19-31(33(48-5)20-32(25)46-13-11-27(12-14-46)45-17-15-43(3)16-18-45)41-36-38-22-29(37)35(42-36)40-30-10-9-28(26-21-39-44(4)23-26)24(2)34(30)49(6,7)47;1-4-15-13-17(20)19(24-3)14-18(15)23-7-5-16(6-8-23)22-11-9-21(2)10-12-22;1-10-12(11-7-21-24(2)9-11)5-6-14(15(10)26(3,4)25)22-16-13(18)8-20-17(19)23-16;1-6-2-4-7(5-3-6)11(8,9)10;1-2-3-4-5/h9-10,19-23,27H,8,11-18H2,1-7H3,(H2,38,40,41,42);13-14,16H,4-12,20H2,1-3H3;5-9H,1-4H3,(H,20,22,23);2-5H,1H3,(H,8,9,10);5H,2-4H2,1H3. The largest absolute Gasteiger partial charge is 0.495 e. The van der Waals surface area contributed by atoms with Crippen LogP contribution in [0.1, 0.15) is 87.1 Å². The zero-order valence-corrected chi connectivity index (χ0v) is 76.0. The van der Waals surface area contributed by atoms with Gasteiger partial charge >= 0.3 is 0 Å². The molecule has 4 aliphatic rings. The summed E-state index contributed by atoms with van der Waals surface area (Å²) in [6.07, 6.45) is 19.6. The van der Waals surface area contributed by atoms with E-state index in [-0.39, 0.29) is 10.2 Å². The normalized spacial score (nSPS) is 15.6. The first kappa shape index (κ1) is 91.4. The second-order valence-electron chi connectivity index (χ2n) is 30.5. The van der Waals surface area contributed by atoms with Crippen molar-refractivity contribution >= 4 is 130 Å². The van der Waals surface area contributed by atoms with Crippen molar-refractivity contribution in [2.45, 2.75) is 110 Å². The van der Waals surface area contributed by atoms with Crippen molar-refractivity contribution in [3.8, 4) is 33.8 Å². The van der Waals surface area contributed by atoms with Gasteiger partial charge in [0, 0.05) is 181 Å². The van der Waals surface area contributed by atoms with Gasteiger partial charge in [0.05, 0.1) is 63.2 Å². The summed E-state index contributed by atoms with van der Waals surface area (Å²) in [7, 11) is 2.32. The average Bonchev–Trinajstić information content (AvgIpc) is 1.74. The van der Waals surface area contributed by atoms with Crippen molar-refractivity contribution in [1.82, 2.24) is 59.1 Å². The summed E-state index contributed by atoms with van der Waals surface area (Å²) in [6.45, 7) is 33.6. The molecule has 0 bridgehead atoms. The van der Waals surface area contributed by atoms with E-state index in [0.29, 0.717) is 39.2 Å². The van der Waals surface area contributed by atoms with Gasteiger partial charge in [-0.15, -0.1) is 0 Å². The fourth-order valence-corrected chi connectivity index (χ4v) is 19.6. The third kappa shape index (κ3) is 24.8. The highest BCUT2D eigenvalue weighted by atomic mass is 79.9. The molecule has 115 heavy (non-hydrogen) atoms. The molecule has 26 nitrogen and oxygen atoms in total. The number of methoxy groups -OCH3 is 2. The third-order valence-corrected chi connectivity index (χ3v) is 26.8. The van der Waals surface area contributed by atoms with Crippen molar-refractivity contribution in [2.24, 2.45) is 14.1 Å². The number of rotatable bonds is 21. The van der Waals surface area contributed by atoms with Gasteiger partial charge in [0.2, 0.25) is 11.2 Å². The van der Waals surface area contributed by atoms with Crippen molar-refractivity contribution in [3.05, 3.63) is 152 Å². The average molecular weight is 1780 g/mol. The molecule has 7 N–H and O–H groups in total. The number of likely N-dealkylation sites (N-methyl/N-ethyl adjacent to an activating group) is 2. The predicted molar refractivity (Wildman–Crippen MR) is 480 cm³/mol. The summed E-state index contributed by atoms with van der Waals surface area (Å²) in [5.74, 6) is 3.05. The first-order chi connectivity index (χ1) is 54.6. The summed E-state index contributed by atoms with van der Waals surface area (Å²) in [4.78, 5) is 32.8. The molecule has 624 valence electrons. The van der Waals surface area contributed by atoms with Crippen LogP contribution in [0, 0.1) is 20.8 Å². The van der Waals surface area contributed by atoms with Gasteiger partial charge < -0.3 is 65.0 Å². The topological polar surface area (TPSA) is 296 Å². The maximum atomic E-state index is 13.7. The Balaban J connectivity index is 0.000000192. The van der Waals surface area contributed by atoms with Gasteiger partial charge in [-0.2, -0.15) is 28.6 Å². The van der Waals surface area contributed by atoms with Crippen LogP contribution in [0.3, 0.4) is 0 Å². The Morgan fingerprint density at radius 1 is 0.574 bits per heavy atom. The second kappa shape index (κ2) is 41.7. The van der Waals surface area contributed by atoms with Gasteiger partial charge in [-0.3, -0.25) is 23.7 Å². The van der Waals surface area contributed by atoms with E-state index in [1.165, 1.54) is 99.6 Å². The molecule has 0 saturated carbocycles. The van der Waals surface area contributed by atoms with Crippen molar-refractivity contribution in [2.75, 3.05) is 172 Å². The Labute approximate surface area is 702 Å². The number of halogens is 3. The number of unbranched alkanes of at least 4 members (excludes halogenated alkanes) is 1. The van der Waals surface area contributed by atoms with E-state index in [2.05, 4.69) is 161 Å². The Bertz CT molecular complexity index is 4940. The summed E-state index contributed by atoms with van der Waals surface area (Å²) < 4.78 is 72.5. The number of ether oxygens (including phenoxy) is 2. The molecule has 0 atom stereocenters. The monoisotopic (exact) mass is 1780 g/mol. The van der Waals surface area contributed by atoms with Crippen LogP contribution in [0.2, 0.25) is 5.28 Å². The number of nitrogen functional groups attached to an aromatic ring is 1. The van der Waals surface area contributed by atoms with Crippen LogP contribution < -0.4 is 51.6 Å². The molecule has 4 aliphatic heterocycles. The molecule has 9 aromatic rings. The van der Waals surface area contributed by atoms with Crippen molar-refractivity contribution < 1.29 is 36.7 Å². The molecule has 0 spiro atoms. The number of piperazine rings is 2. The van der Waals surface area contributed by atoms with Crippen LogP contribution in [0.15, 0.2) is 124 Å². The Kier molecular flexibility index (Phi) is 33.2. The summed E-state index contributed by atoms with van der Waals surface area (Å²) in [5, 5.41) is 28.4. The fraction of sp³-hybridized carbons (Fsp3) is 0.470. The maximum Gasteiger partial charge on any atom is 0.294 e. The molecule has 4 saturated heterocycles. The number of aliphatic hydroxyl groups is 1. The molecule has 4 fully saturated rings. The number of piperidine rings is 2. The zero-order valence-electron chi connectivity index (χ0n) is 69.5. The first-order valence-corrected chi connectivity index (χ1v) is 47.8. The predicted octanol–water partition coefficient (Wildman–Crippen LogP) is 15.1. The lowest BCUT2D eigenvalue weighted by Crippen LogP contribution is -2.52. The summed E-state index contributed by atoms with van der Waals surface area (Å²) in [5.41, 5.74) is 21.1. The minimum absolute atomic E-state index is 0.0666. The Hall–Kier alpha value is -7.50. The molecular formula is C83H117Br2ClN18O8P2S. The molecular weight excluding hydrogens is 1670 g/mol. The molecule has 0 aliphatic carbocycles. The van der Waals surface area contributed by atoms with Crippen molar-refractivity contribution in [3.63, 3.8) is 0 Å². The minimum Gasteiger partial charge on any atom is -0.495 e. The van der Waals surface area contributed by atoms with E-state index >= 15 is 0 Å². The lowest BCUT2D eigenvalue weighted by atomic mass is 9.99. The number of aliphatic hydroxyl groups excluding tert-OH is 1. The smallest absolute Gasteiger partial charge is 0.294 e. The number of hydrogen-bond acceptors (Lipinski definition) is 23. The second-order valence-corrected chi connectivity index (χ2v) is 40.2. The first-order valence-electron chi connectivity index (χ1n) is 39.2. The number of hydrogen-bond donors (Lipinski definition) is 6. The van der Waals surface area contributed by atoms with E-state index < -0.39 is 24.4 Å². The number of nitrogens with zero attached hydrogens (tertiary/aromatic N) is 14. The Morgan fingerprint density at radius 3 is 1.40 bits per heavy atom. The lowest BCUT2D eigenvalue weighted by molar-refractivity contribution is 0.0982. The number of anilines is 9. The van der Waals surface area contributed by atoms with E-state index in [0.717, 1.165) is 155 Å². The van der Waals surface area contributed by atoms with Gasteiger partial charge in [0.1, 0.15) is 37.4 Å². The van der Waals surface area contributed by atoms with E-state index in [1.54, 1.807) is 81.0 Å². The number of aryl methyl sites for hydroxylation is 5. The minimum atomic E-state index is -4.02. The quantitative estimate of drug-likeness (QED) is 0.0169. The molecule has 13 rings (SSSR count). The van der Waals surface area contributed by atoms with Crippen LogP contribution in [0.25, 0.3) is 22.3 Å². The molecule has 0 radical (unpaired) electrons. The van der Waals surface area contributed by atoms with Crippen molar-refractivity contribution in [1.29, 1.82) is 0 Å². The SMILES string of the molecule is CCCCO.CCc1cc(N)c(OC)cc1N1CCC(N2CCN(C)CC2)CC1.CCc1cc(Nc2ncc(Br)c(Nc3ccc(-c4cnn(C)c4)c(C)c3P(C)(C)=O)n2)c(OC)cc1N1CCC(N2CCN(C)CC2)CC1.Cc1c(-c2cnn(C)c2)ccc(Nc2nc(Cl)ncc2Br)c1P(C)(C)=O.Cc1ccc(S(=O)(=O)O)cc1. The zero-order chi connectivity index (χ0) is 83.6. The molecule has 0 unspecified atom stereocenters. The van der Waals surface area contributed by atoms with E-state index in [4.69, 9.17) is 41.5 Å². The maximum absolute atomic E-state index is 13.7. The molecule has 5 aromatic carbocycles. The Morgan fingerprint density at radius 2 is 1.01 bits per heavy atom. The molecule has 8 heterocycles. The van der Waals surface area contributed by atoms with E-state index in [9.17, 15) is 17.5 Å². The summed E-state index contributed by atoms with van der Waals surface area (Å²) >= 11 is 12.9. The summed E-state index contributed by atoms with van der Waals surface area (Å²) in [6, 6.07) is 23.8. The van der Waals surface area contributed by atoms with Gasteiger partial charge in [-0.25, -0.2) is 9.97 Å². The van der Waals surface area contributed by atoms with Gasteiger partial charge in [-0.1, -0.05) is 57.0 Å². The highest BCUT2D eigenvalue weighted by molar-refractivity contribution is 9.11. The lowest BCUT2D eigenvalue weighted by Gasteiger charge is -2.43. The highest BCUT2D eigenvalue weighted by Crippen LogP contribution is 2.46. The number of nitrogens with two attached hydrogens (primary N) is 1. The van der Waals surface area contributed by atoms with Gasteiger partial charge in [-0.05, 0) is 220 Å². The number of aromatic nitrogens is 8. The molecule has 0 amide bonds. The molecule has 32 heteroatoms. The van der Waals surface area contributed by atoms with Crippen LogP contribution in [-0.2, 0) is 46.2 Å². The van der Waals surface area contributed by atoms with Crippen LogP contribution in [0.5, 0.6) is 11.5 Å². The van der Waals surface area contributed by atoms with E-state index in [1.807, 2.05) is 77.7 Å². The number of nitrogens with one attached hydrogen (secondary N) is 3. The fourth-order valence-electron chi connectivity index (χ4n) is 15.1. The molecule has 4 aromatic heterocycles. The highest BCUT2D eigenvalue weighted by Gasteiger charge is 2.32. The van der Waals surface area contributed by atoms with Crippen LogP contribution in [0.4, 0.5) is 51.7 Å².